The molecule has 0 heterocycles. The van der Waals surface area contributed by atoms with Crippen LogP contribution in [0.15, 0.2) is 24.3 Å². The van der Waals surface area contributed by atoms with Gasteiger partial charge in [0.05, 0.1) is 6.42 Å². The van der Waals surface area contributed by atoms with Gasteiger partial charge in [0.2, 0.25) is 5.91 Å². The van der Waals surface area contributed by atoms with Crippen molar-refractivity contribution in [1.29, 1.82) is 0 Å². The van der Waals surface area contributed by atoms with Gasteiger partial charge in [-0.25, -0.2) is 0 Å². The summed E-state index contributed by atoms with van der Waals surface area (Å²) in [4.78, 5) is 11.4. The van der Waals surface area contributed by atoms with E-state index in [1.807, 2.05) is 6.07 Å². The topological polar surface area (TPSA) is 49.3 Å². The molecule has 0 unspecified atom stereocenters. The molecule has 1 amide bonds. The van der Waals surface area contributed by atoms with Crippen molar-refractivity contribution < 1.29 is 9.90 Å². The highest BCUT2D eigenvalue weighted by Crippen LogP contribution is 2.11. The molecule has 1 rings (SSSR count). The predicted molar refractivity (Wildman–Crippen MR) is 59.7 cm³/mol. The zero-order chi connectivity index (χ0) is 11.1. The van der Waals surface area contributed by atoms with Gasteiger partial charge in [0.25, 0.3) is 0 Å². The molecule has 0 aliphatic rings. The second-order valence-electron chi connectivity index (χ2n) is 3.55. The first kappa shape index (κ1) is 11.6. The first-order valence-corrected chi connectivity index (χ1v) is 5.27. The maximum absolute atomic E-state index is 11.4. The highest BCUT2D eigenvalue weighted by molar-refractivity contribution is 5.78. The van der Waals surface area contributed by atoms with Crippen LogP contribution in [0.1, 0.15) is 25.3 Å². The summed E-state index contributed by atoms with van der Waals surface area (Å²) >= 11 is 0. The van der Waals surface area contributed by atoms with Crippen LogP contribution >= 0.6 is 0 Å². The van der Waals surface area contributed by atoms with Gasteiger partial charge < -0.3 is 10.4 Å². The molecule has 3 nitrogen and oxygen atoms in total. The molecule has 0 fully saturated rings. The van der Waals surface area contributed by atoms with Crippen LogP contribution in [0.5, 0.6) is 5.75 Å². The van der Waals surface area contributed by atoms with E-state index in [9.17, 15) is 9.90 Å². The van der Waals surface area contributed by atoms with Gasteiger partial charge in [0.15, 0.2) is 0 Å². The van der Waals surface area contributed by atoms with Crippen LogP contribution in [0.4, 0.5) is 0 Å². The van der Waals surface area contributed by atoms with E-state index >= 15 is 0 Å². The van der Waals surface area contributed by atoms with Crippen LogP contribution in [0, 0.1) is 0 Å². The van der Waals surface area contributed by atoms with Gasteiger partial charge in [0.1, 0.15) is 5.75 Å². The van der Waals surface area contributed by atoms with Gasteiger partial charge in [-0.2, -0.15) is 0 Å². The van der Waals surface area contributed by atoms with Crippen molar-refractivity contribution in [2.24, 2.45) is 0 Å². The molecule has 0 saturated carbocycles. The van der Waals surface area contributed by atoms with Gasteiger partial charge in [-0.1, -0.05) is 25.5 Å². The number of aromatic hydroxyl groups is 1. The molecular weight excluding hydrogens is 190 g/mol. The summed E-state index contributed by atoms with van der Waals surface area (Å²) in [6.07, 6.45) is 2.41. The summed E-state index contributed by atoms with van der Waals surface area (Å²) in [7, 11) is 0. The van der Waals surface area contributed by atoms with Crippen molar-refractivity contribution in [2.45, 2.75) is 26.2 Å². The number of hydrogen-bond acceptors (Lipinski definition) is 2. The molecule has 3 heteroatoms. The second-order valence-corrected chi connectivity index (χ2v) is 3.55. The van der Waals surface area contributed by atoms with Crippen LogP contribution < -0.4 is 5.32 Å². The molecular formula is C12H17NO2. The lowest BCUT2D eigenvalue weighted by molar-refractivity contribution is -0.120. The molecule has 15 heavy (non-hydrogen) atoms. The van der Waals surface area contributed by atoms with E-state index in [2.05, 4.69) is 12.2 Å². The van der Waals surface area contributed by atoms with Gasteiger partial charge in [-0.15, -0.1) is 0 Å². The van der Waals surface area contributed by atoms with E-state index in [0.29, 0.717) is 6.42 Å². The van der Waals surface area contributed by atoms with Crippen LogP contribution in [0.2, 0.25) is 0 Å². The highest BCUT2D eigenvalue weighted by Gasteiger charge is 2.02. The minimum atomic E-state index is 0.00838. The lowest BCUT2D eigenvalue weighted by atomic mass is 10.1. The Hall–Kier alpha value is -1.51. The van der Waals surface area contributed by atoms with Gasteiger partial charge in [0, 0.05) is 6.54 Å². The number of nitrogens with one attached hydrogen (secondary N) is 1. The van der Waals surface area contributed by atoms with E-state index in [4.69, 9.17) is 0 Å². The Morgan fingerprint density at radius 1 is 1.47 bits per heavy atom. The predicted octanol–water partition coefficient (Wildman–Crippen LogP) is 1.85. The second kappa shape index (κ2) is 6.06. The quantitative estimate of drug-likeness (QED) is 0.724. The van der Waals surface area contributed by atoms with Crippen molar-refractivity contribution in [1.82, 2.24) is 5.32 Å². The average Bonchev–Trinajstić information content (AvgIpc) is 2.18. The maximum atomic E-state index is 11.4. The number of unbranched alkanes of at least 4 members (excludes halogenated alkanes) is 1. The molecule has 0 aromatic heterocycles. The first-order chi connectivity index (χ1) is 7.22. The normalized spacial score (nSPS) is 9.93. The van der Waals surface area contributed by atoms with E-state index in [-0.39, 0.29) is 11.7 Å². The number of phenols is 1. The average molecular weight is 207 g/mol. The lowest BCUT2D eigenvalue weighted by Gasteiger charge is -2.04. The third-order valence-corrected chi connectivity index (χ3v) is 2.13. The van der Waals surface area contributed by atoms with Crippen LogP contribution in [0.3, 0.4) is 0 Å². The molecule has 82 valence electrons. The fourth-order valence-corrected chi connectivity index (χ4v) is 1.32. The fraction of sp³-hybridized carbons (Fsp3) is 0.417. The molecule has 0 radical (unpaired) electrons. The summed E-state index contributed by atoms with van der Waals surface area (Å²) in [5.41, 5.74) is 0.837. The number of benzene rings is 1. The molecule has 1 aromatic rings. The first-order valence-electron chi connectivity index (χ1n) is 5.27. The Morgan fingerprint density at radius 3 is 2.93 bits per heavy atom. The van der Waals surface area contributed by atoms with Crippen molar-refractivity contribution in [2.75, 3.05) is 6.54 Å². The van der Waals surface area contributed by atoms with E-state index in [1.54, 1.807) is 18.2 Å². The lowest BCUT2D eigenvalue weighted by Crippen LogP contribution is -2.25. The van der Waals surface area contributed by atoms with E-state index in [0.717, 1.165) is 24.9 Å². The summed E-state index contributed by atoms with van der Waals surface area (Å²) in [5, 5.41) is 12.0. The number of carbonyl (C=O) groups is 1. The summed E-state index contributed by atoms with van der Waals surface area (Å²) < 4.78 is 0. The van der Waals surface area contributed by atoms with Gasteiger partial charge >= 0.3 is 0 Å². The molecule has 0 saturated heterocycles. The SMILES string of the molecule is CCCCNC(=O)Cc1cccc(O)c1. The Balaban J connectivity index is 2.37. The molecule has 0 bridgehead atoms. The molecule has 0 spiro atoms. The van der Waals surface area contributed by atoms with Crippen LogP contribution in [-0.4, -0.2) is 17.6 Å². The number of amides is 1. The minimum Gasteiger partial charge on any atom is -0.508 e. The monoisotopic (exact) mass is 207 g/mol. The molecule has 1 aromatic carbocycles. The molecule has 2 N–H and O–H groups in total. The third kappa shape index (κ3) is 4.49. The highest BCUT2D eigenvalue weighted by atomic mass is 16.3. The fourth-order valence-electron chi connectivity index (χ4n) is 1.32. The van der Waals surface area contributed by atoms with Crippen LogP contribution in [-0.2, 0) is 11.2 Å². The number of carbonyl (C=O) groups excluding carboxylic acids is 1. The Morgan fingerprint density at radius 2 is 2.27 bits per heavy atom. The van der Waals surface area contributed by atoms with Crippen molar-refractivity contribution in [3.05, 3.63) is 29.8 Å². The standard InChI is InChI=1S/C12H17NO2/c1-2-3-7-13-12(15)9-10-5-4-6-11(14)8-10/h4-6,8,14H,2-3,7,9H2,1H3,(H,13,15). The van der Waals surface area contributed by atoms with Crippen molar-refractivity contribution in [3.8, 4) is 5.75 Å². The smallest absolute Gasteiger partial charge is 0.224 e. The Bertz CT molecular complexity index is 323. The third-order valence-electron chi connectivity index (χ3n) is 2.13. The number of rotatable bonds is 5. The maximum Gasteiger partial charge on any atom is 0.224 e. The van der Waals surface area contributed by atoms with Crippen molar-refractivity contribution >= 4 is 5.91 Å². The molecule has 0 atom stereocenters. The molecule has 0 aliphatic carbocycles. The Labute approximate surface area is 90.1 Å². The summed E-state index contributed by atoms with van der Waals surface area (Å²) in [6.45, 7) is 2.82. The van der Waals surface area contributed by atoms with E-state index in [1.165, 1.54) is 0 Å². The van der Waals surface area contributed by atoms with Gasteiger partial charge in [-0.05, 0) is 24.1 Å². The largest absolute Gasteiger partial charge is 0.508 e. The van der Waals surface area contributed by atoms with E-state index < -0.39 is 0 Å². The van der Waals surface area contributed by atoms with Gasteiger partial charge in [-0.3, -0.25) is 4.79 Å². The minimum absolute atomic E-state index is 0.00838. The zero-order valence-electron chi connectivity index (χ0n) is 8.99. The number of phenolic OH excluding ortho intramolecular Hbond substituents is 1. The zero-order valence-corrected chi connectivity index (χ0v) is 8.99. The number of hydrogen-bond donors (Lipinski definition) is 2. The van der Waals surface area contributed by atoms with Crippen LogP contribution in [0.25, 0.3) is 0 Å². The summed E-state index contributed by atoms with van der Waals surface area (Å²) in [6, 6.07) is 6.78. The Kier molecular flexibility index (Phi) is 4.68. The molecule has 0 aliphatic heterocycles. The summed E-state index contributed by atoms with van der Waals surface area (Å²) in [5.74, 6) is 0.211. The van der Waals surface area contributed by atoms with Crippen molar-refractivity contribution in [3.63, 3.8) is 0 Å².